The quantitative estimate of drug-likeness (QED) is 0.929. The number of benzene rings is 1. The molecule has 3 nitrogen and oxygen atoms in total. The second kappa shape index (κ2) is 5.45. The first-order valence-electron chi connectivity index (χ1n) is 5.12. The largest absolute Gasteiger partial charge is 0.313 e. The monoisotopic (exact) mass is 267 g/mol. The Hall–Kier alpha value is -1.16. The van der Waals surface area contributed by atoms with E-state index in [9.17, 15) is 0 Å². The molecule has 0 saturated heterocycles. The molecule has 0 unspecified atom stereocenters. The Kier molecular flexibility index (Phi) is 3.94. The molecule has 0 atom stereocenters. The van der Waals surface area contributed by atoms with E-state index in [1.54, 1.807) is 18.3 Å². The minimum Gasteiger partial charge on any atom is -0.313 e. The molecule has 1 aromatic heterocycles. The molecule has 1 heterocycles. The number of rotatable bonds is 3. The van der Waals surface area contributed by atoms with E-state index in [0.29, 0.717) is 16.6 Å². The van der Waals surface area contributed by atoms with Crippen LogP contribution in [0.25, 0.3) is 11.3 Å². The number of hydrogen-bond donors (Lipinski definition) is 1. The van der Waals surface area contributed by atoms with Gasteiger partial charge in [0.25, 0.3) is 0 Å². The molecule has 2 rings (SSSR count). The van der Waals surface area contributed by atoms with Gasteiger partial charge in [0.2, 0.25) is 0 Å². The standard InChI is InChI=1S/C12H11Cl2N3/c1-15-7-12-16-5-4-11(17-12)8-2-3-9(13)10(14)6-8/h2-6,15H,7H2,1H3. The van der Waals surface area contributed by atoms with Crippen LogP contribution < -0.4 is 5.32 Å². The molecule has 0 aliphatic heterocycles. The van der Waals surface area contributed by atoms with Crippen molar-refractivity contribution in [1.82, 2.24) is 15.3 Å². The van der Waals surface area contributed by atoms with Gasteiger partial charge in [-0.25, -0.2) is 9.97 Å². The van der Waals surface area contributed by atoms with Crippen LogP contribution in [0.2, 0.25) is 10.0 Å². The summed E-state index contributed by atoms with van der Waals surface area (Å²) in [5.74, 6) is 0.746. The van der Waals surface area contributed by atoms with Gasteiger partial charge in [0.05, 0.1) is 22.3 Å². The molecule has 1 aromatic carbocycles. The first-order valence-corrected chi connectivity index (χ1v) is 5.88. The Balaban J connectivity index is 2.38. The van der Waals surface area contributed by atoms with Crippen molar-refractivity contribution >= 4 is 23.2 Å². The minimum absolute atomic E-state index is 0.526. The normalized spacial score (nSPS) is 10.5. The molecule has 1 N–H and O–H groups in total. The van der Waals surface area contributed by atoms with Crippen LogP contribution in [-0.2, 0) is 6.54 Å². The number of nitrogens with zero attached hydrogens (tertiary/aromatic N) is 2. The predicted molar refractivity (Wildman–Crippen MR) is 70.3 cm³/mol. The fourth-order valence-corrected chi connectivity index (χ4v) is 1.76. The van der Waals surface area contributed by atoms with Gasteiger partial charge in [-0.1, -0.05) is 29.3 Å². The van der Waals surface area contributed by atoms with Gasteiger partial charge in [-0.15, -0.1) is 0 Å². The summed E-state index contributed by atoms with van der Waals surface area (Å²) in [5, 5.41) is 4.08. The average Bonchev–Trinajstić information content (AvgIpc) is 2.33. The topological polar surface area (TPSA) is 37.8 Å². The van der Waals surface area contributed by atoms with Crippen LogP contribution in [0.3, 0.4) is 0 Å². The highest BCUT2D eigenvalue weighted by Crippen LogP contribution is 2.27. The van der Waals surface area contributed by atoms with Crippen LogP contribution in [0.15, 0.2) is 30.5 Å². The van der Waals surface area contributed by atoms with E-state index in [1.807, 2.05) is 19.2 Å². The molecule has 0 saturated carbocycles. The van der Waals surface area contributed by atoms with Crippen molar-refractivity contribution in [1.29, 1.82) is 0 Å². The highest BCUT2D eigenvalue weighted by Gasteiger charge is 2.04. The van der Waals surface area contributed by atoms with Crippen LogP contribution in [0.1, 0.15) is 5.82 Å². The average molecular weight is 268 g/mol. The zero-order valence-corrected chi connectivity index (χ0v) is 10.8. The Bertz CT molecular complexity index is 529. The lowest BCUT2D eigenvalue weighted by atomic mass is 10.1. The lowest BCUT2D eigenvalue weighted by Crippen LogP contribution is -2.09. The fraction of sp³-hybridized carbons (Fsp3) is 0.167. The van der Waals surface area contributed by atoms with Crippen molar-refractivity contribution in [2.24, 2.45) is 0 Å². The lowest BCUT2D eigenvalue weighted by molar-refractivity contribution is 0.759. The van der Waals surface area contributed by atoms with E-state index >= 15 is 0 Å². The summed E-state index contributed by atoms with van der Waals surface area (Å²) >= 11 is 11.9. The summed E-state index contributed by atoms with van der Waals surface area (Å²) in [4.78, 5) is 8.59. The van der Waals surface area contributed by atoms with Crippen LogP contribution in [0, 0.1) is 0 Å². The number of hydrogen-bond acceptors (Lipinski definition) is 3. The van der Waals surface area contributed by atoms with Gasteiger partial charge in [0.15, 0.2) is 0 Å². The van der Waals surface area contributed by atoms with E-state index < -0.39 is 0 Å². The maximum Gasteiger partial charge on any atom is 0.142 e. The predicted octanol–water partition coefficient (Wildman–Crippen LogP) is 3.17. The van der Waals surface area contributed by atoms with Gasteiger partial charge < -0.3 is 5.32 Å². The summed E-state index contributed by atoms with van der Waals surface area (Å²) in [7, 11) is 1.86. The highest BCUT2D eigenvalue weighted by atomic mass is 35.5. The third-order valence-electron chi connectivity index (χ3n) is 2.26. The summed E-state index contributed by atoms with van der Waals surface area (Å²) in [6.07, 6.45) is 1.73. The SMILES string of the molecule is CNCc1nccc(-c2ccc(Cl)c(Cl)c2)n1. The summed E-state index contributed by atoms with van der Waals surface area (Å²) in [5.41, 5.74) is 1.77. The van der Waals surface area contributed by atoms with E-state index in [1.165, 1.54) is 0 Å². The van der Waals surface area contributed by atoms with Crippen molar-refractivity contribution < 1.29 is 0 Å². The molecule has 5 heteroatoms. The highest BCUT2D eigenvalue weighted by molar-refractivity contribution is 6.42. The second-order valence-corrected chi connectivity index (χ2v) is 4.33. The molecule has 0 radical (unpaired) electrons. The molecule has 17 heavy (non-hydrogen) atoms. The van der Waals surface area contributed by atoms with Crippen LogP contribution in [-0.4, -0.2) is 17.0 Å². The van der Waals surface area contributed by atoms with Crippen molar-refractivity contribution in [3.05, 3.63) is 46.3 Å². The minimum atomic E-state index is 0.526. The molecule has 0 fully saturated rings. The van der Waals surface area contributed by atoms with Crippen LogP contribution >= 0.6 is 23.2 Å². The third-order valence-corrected chi connectivity index (χ3v) is 2.99. The van der Waals surface area contributed by atoms with Gasteiger partial charge in [-0.2, -0.15) is 0 Å². The first kappa shape index (κ1) is 12.3. The van der Waals surface area contributed by atoms with Gasteiger partial charge in [0.1, 0.15) is 5.82 Å². The number of aromatic nitrogens is 2. The zero-order chi connectivity index (χ0) is 12.3. The lowest BCUT2D eigenvalue weighted by Gasteiger charge is -2.04. The third kappa shape index (κ3) is 2.94. The number of nitrogens with one attached hydrogen (secondary N) is 1. The van der Waals surface area contributed by atoms with Gasteiger partial charge in [0, 0.05) is 11.8 Å². The van der Waals surface area contributed by atoms with Crippen molar-refractivity contribution in [3.8, 4) is 11.3 Å². The molecule has 0 aliphatic carbocycles. The maximum absolute atomic E-state index is 5.98. The van der Waals surface area contributed by atoms with E-state index in [4.69, 9.17) is 23.2 Å². The smallest absolute Gasteiger partial charge is 0.142 e. The van der Waals surface area contributed by atoms with Gasteiger partial charge >= 0.3 is 0 Å². The molecule has 0 aliphatic rings. The van der Waals surface area contributed by atoms with E-state index in [-0.39, 0.29) is 0 Å². The van der Waals surface area contributed by atoms with Crippen molar-refractivity contribution in [3.63, 3.8) is 0 Å². The number of halogens is 2. The van der Waals surface area contributed by atoms with Crippen molar-refractivity contribution in [2.45, 2.75) is 6.54 Å². The van der Waals surface area contributed by atoms with Gasteiger partial charge in [-0.05, 0) is 25.2 Å². The summed E-state index contributed by atoms with van der Waals surface area (Å²) in [6, 6.07) is 7.30. The van der Waals surface area contributed by atoms with Crippen LogP contribution in [0.5, 0.6) is 0 Å². The summed E-state index contributed by atoms with van der Waals surface area (Å²) in [6.45, 7) is 0.634. The summed E-state index contributed by atoms with van der Waals surface area (Å²) < 4.78 is 0. The Morgan fingerprint density at radius 3 is 2.71 bits per heavy atom. The Morgan fingerprint density at radius 2 is 2.00 bits per heavy atom. The molecular formula is C12H11Cl2N3. The zero-order valence-electron chi connectivity index (χ0n) is 9.24. The second-order valence-electron chi connectivity index (χ2n) is 3.52. The maximum atomic E-state index is 5.98. The molecule has 0 spiro atoms. The van der Waals surface area contributed by atoms with Crippen molar-refractivity contribution in [2.75, 3.05) is 7.05 Å². The van der Waals surface area contributed by atoms with E-state index in [2.05, 4.69) is 15.3 Å². The molecule has 88 valence electrons. The molecule has 2 aromatic rings. The molecule has 0 bridgehead atoms. The Morgan fingerprint density at radius 1 is 1.18 bits per heavy atom. The first-order chi connectivity index (χ1) is 8.20. The molecular weight excluding hydrogens is 257 g/mol. The fourth-order valence-electron chi connectivity index (χ4n) is 1.46. The van der Waals surface area contributed by atoms with Gasteiger partial charge in [-0.3, -0.25) is 0 Å². The van der Waals surface area contributed by atoms with E-state index in [0.717, 1.165) is 17.1 Å². The Labute approximate surface area is 110 Å². The molecule has 0 amide bonds. The van der Waals surface area contributed by atoms with Crippen LogP contribution in [0.4, 0.5) is 0 Å².